The molecule has 7 nitrogen and oxygen atoms in total. The first-order valence-corrected chi connectivity index (χ1v) is 8.26. The van der Waals surface area contributed by atoms with Crippen molar-refractivity contribution in [3.05, 3.63) is 70.0 Å². The van der Waals surface area contributed by atoms with E-state index in [1.54, 1.807) is 31.3 Å². The van der Waals surface area contributed by atoms with E-state index in [0.29, 0.717) is 37.6 Å². The normalized spacial score (nSPS) is 11.1. The first-order chi connectivity index (χ1) is 12.6. The number of benzene rings is 2. The standard InChI is InChI=1S/C18H22FN5O2/c1-20-18(22-11-10-14-4-2-3-5-17(14)19)23-13-12-21-15-6-8-16(9-7-15)24(25)26/h2-9,21H,10-13H2,1H3,(H2,20,22,23). The van der Waals surface area contributed by atoms with Gasteiger partial charge in [-0.15, -0.1) is 0 Å². The summed E-state index contributed by atoms with van der Waals surface area (Å²) in [4.78, 5) is 14.3. The van der Waals surface area contributed by atoms with Crippen LogP contribution in [0.25, 0.3) is 0 Å². The highest BCUT2D eigenvalue weighted by Crippen LogP contribution is 2.14. The molecule has 0 radical (unpaired) electrons. The Morgan fingerprint density at radius 2 is 1.77 bits per heavy atom. The van der Waals surface area contributed by atoms with Crippen LogP contribution in [0, 0.1) is 15.9 Å². The molecule has 0 bridgehead atoms. The van der Waals surface area contributed by atoms with Gasteiger partial charge in [-0.3, -0.25) is 15.1 Å². The van der Waals surface area contributed by atoms with E-state index in [-0.39, 0.29) is 11.5 Å². The molecule has 0 spiro atoms. The largest absolute Gasteiger partial charge is 0.383 e. The first kappa shape index (κ1) is 19.2. The molecule has 0 saturated carbocycles. The van der Waals surface area contributed by atoms with Gasteiger partial charge in [0.05, 0.1) is 4.92 Å². The molecule has 0 atom stereocenters. The Hall–Kier alpha value is -3.16. The fraction of sp³-hybridized carbons (Fsp3) is 0.278. The Balaban J connectivity index is 1.67. The van der Waals surface area contributed by atoms with Gasteiger partial charge in [0.1, 0.15) is 5.82 Å². The predicted molar refractivity (Wildman–Crippen MR) is 101 cm³/mol. The SMILES string of the molecule is CN=C(NCCNc1ccc([N+](=O)[O-])cc1)NCCc1ccccc1F. The lowest BCUT2D eigenvalue weighted by atomic mass is 10.1. The predicted octanol–water partition coefficient (Wildman–Crippen LogP) is 2.55. The molecule has 2 aromatic carbocycles. The molecule has 0 heterocycles. The third-order valence-corrected chi connectivity index (χ3v) is 3.69. The van der Waals surface area contributed by atoms with E-state index < -0.39 is 4.92 Å². The lowest BCUT2D eigenvalue weighted by Crippen LogP contribution is -2.40. The number of aliphatic imine (C=N–C) groups is 1. The summed E-state index contributed by atoms with van der Waals surface area (Å²) in [5, 5.41) is 20.1. The Labute approximate surface area is 151 Å². The van der Waals surface area contributed by atoms with E-state index in [1.807, 2.05) is 6.07 Å². The quantitative estimate of drug-likeness (QED) is 0.221. The van der Waals surface area contributed by atoms with Crippen LogP contribution < -0.4 is 16.0 Å². The maximum absolute atomic E-state index is 13.6. The molecule has 8 heteroatoms. The van der Waals surface area contributed by atoms with Gasteiger partial charge in [-0.05, 0) is 30.2 Å². The van der Waals surface area contributed by atoms with Gasteiger partial charge in [-0.25, -0.2) is 4.39 Å². The van der Waals surface area contributed by atoms with E-state index in [9.17, 15) is 14.5 Å². The highest BCUT2D eigenvalue weighted by molar-refractivity contribution is 5.79. The summed E-state index contributed by atoms with van der Waals surface area (Å²) in [7, 11) is 1.67. The summed E-state index contributed by atoms with van der Waals surface area (Å²) >= 11 is 0. The van der Waals surface area contributed by atoms with Crippen molar-refractivity contribution >= 4 is 17.3 Å². The molecule has 138 valence electrons. The van der Waals surface area contributed by atoms with Crippen LogP contribution in [-0.4, -0.2) is 37.6 Å². The molecule has 0 amide bonds. The Kier molecular flexibility index (Phi) is 7.35. The van der Waals surface area contributed by atoms with E-state index in [0.717, 1.165) is 5.69 Å². The minimum atomic E-state index is -0.428. The molecule has 2 aromatic rings. The molecule has 2 rings (SSSR count). The Bertz CT molecular complexity index is 750. The van der Waals surface area contributed by atoms with E-state index in [1.165, 1.54) is 18.2 Å². The number of guanidine groups is 1. The summed E-state index contributed by atoms with van der Waals surface area (Å²) in [6.07, 6.45) is 0.564. The lowest BCUT2D eigenvalue weighted by molar-refractivity contribution is -0.384. The smallest absolute Gasteiger partial charge is 0.269 e. The number of hydrogen-bond donors (Lipinski definition) is 3. The molecular formula is C18H22FN5O2. The monoisotopic (exact) mass is 359 g/mol. The van der Waals surface area contributed by atoms with Gasteiger partial charge in [0.2, 0.25) is 0 Å². The van der Waals surface area contributed by atoms with Gasteiger partial charge in [-0.1, -0.05) is 18.2 Å². The van der Waals surface area contributed by atoms with Gasteiger partial charge < -0.3 is 16.0 Å². The molecule has 3 N–H and O–H groups in total. The summed E-state index contributed by atoms with van der Waals surface area (Å²) in [5.74, 6) is 0.427. The number of non-ortho nitro benzene ring substituents is 1. The maximum Gasteiger partial charge on any atom is 0.269 e. The minimum absolute atomic E-state index is 0.0631. The van der Waals surface area contributed by atoms with Crippen LogP contribution in [0.15, 0.2) is 53.5 Å². The number of nitrogens with zero attached hydrogens (tertiary/aromatic N) is 2. The van der Waals surface area contributed by atoms with Gasteiger partial charge in [0.25, 0.3) is 5.69 Å². The zero-order chi connectivity index (χ0) is 18.8. The highest BCUT2D eigenvalue weighted by Gasteiger charge is 2.04. The molecule has 0 unspecified atom stereocenters. The van der Waals surface area contributed by atoms with Crippen LogP contribution in [-0.2, 0) is 6.42 Å². The number of hydrogen-bond acceptors (Lipinski definition) is 4. The summed E-state index contributed by atoms with van der Waals surface area (Å²) in [6.45, 7) is 1.79. The number of rotatable bonds is 8. The average Bonchev–Trinajstić information content (AvgIpc) is 2.65. The van der Waals surface area contributed by atoms with Crippen LogP contribution >= 0.6 is 0 Å². The van der Waals surface area contributed by atoms with E-state index in [4.69, 9.17) is 0 Å². The van der Waals surface area contributed by atoms with E-state index in [2.05, 4.69) is 20.9 Å². The average molecular weight is 359 g/mol. The second kappa shape index (κ2) is 9.97. The maximum atomic E-state index is 13.6. The van der Waals surface area contributed by atoms with Crippen molar-refractivity contribution in [1.29, 1.82) is 0 Å². The zero-order valence-electron chi connectivity index (χ0n) is 14.5. The van der Waals surface area contributed by atoms with Crippen molar-refractivity contribution in [2.45, 2.75) is 6.42 Å². The van der Waals surface area contributed by atoms with Crippen LogP contribution in [0.2, 0.25) is 0 Å². The van der Waals surface area contributed by atoms with Crippen molar-refractivity contribution in [2.24, 2.45) is 4.99 Å². The number of nitro benzene ring substituents is 1. The van der Waals surface area contributed by atoms with Crippen LogP contribution in [0.1, 0.15) is 5.56 Å². The molecule has 0 saturated heterocycles. The second-order valence-electron chi connectivity index (χ2n) is 5.50. The summed E-state index contributed by atoms with van der Waals surface area (Å²) in [6, 6.07) is 12.9. The molecule has 0 aliphatic carbocycles. The van der Waals surface area contributed by atoms with Crippen molar-refractivity contribution < 1.29 is 9.31 Å². The highest BCUT2D eigenvalue weighted by atomic mass is 19.1. The number of anilines is 1. The Morgan fingerprint density at radius 1 is 1.08 bits per heavy atom. The van der Waals surface area contributed by atoms with Crippen molar-refractivity contribution in [1.82, 2.24) is 10.6 Å². The Morgan fingerprint density at radius 3 is 2.42 bits per heavy atom. The number of nitro groups is 1. The van der Waals surface area contributed by atoms with Crippen LogP contribution in [0.3, 0.4) is 0 Å². The van der Waals surface area contributed by atoms with Gasteiger partial charge in [0, 0.05) is 44.5 Å². The molecule has 0 aliphatic heterocycles. The van der Waals surface area contributed by atoms with Gasteiger partial charge >= 0.3 is 0 Å². The molecule has 26 heavy (non-hydrogen) atoms. The van der Waals surface area contributed by atoms with Crippen molar-refractivity contribution in [2.75, 3.05) is 32.0 Å². The lowest BCUT2D eigenvalue weighted by Gasteiger charge is -2.13. The third kappa shape index (κ3) is 6.04. The molecular weight excluding hydrogens is 337 g/mol. The second-order valence-corrected chi connectivity index (χ2v) is 5.50. The third-order valence-electron chi connectivity index (χ3n) is 3.69. The van der Waals surface area contributed by atoms with Crippen LogP contribution in [0.4, 0.5) is 15.8 Å². The zero-order valence-corrected chi connectivity index (χ0v) is 14.5. The summed E-state index contributed by atoms with van der Waals surface area (Å²) in [5.41, 5.74) is 1.53. The number of nitrogens with one attached hydrogen (secondary N) is 3. The van der Waals surface area contributed by atoms with Crippen LogP contribution in [0.5, 0.6) is 0 Å². The van der Waals surface area contributed by atoms with Crippen molar-refractivity contribution in [3.63, 3.8) is 0 Å². The molecule has 0 aromatic heterocycles. The van der Waals surface area contributed by atoms with Gasteiger partial charge in [0.15, 0.2) is 5.96 Å². The fourth-order valence-corrected chi connectivity index (χ4v) is 2.33. The van der Waals surface area contributed by atoms with E-state index >= 15 is 0 Å². The number of halogens is 1. The molecule has 0 aliphatic rings. The van der Waals surface area contributed by atoms with Crippen molar-refractivity contribution in [3.8, 4) is 0 Å². The fourth-order valence-electron chi connectivity index (χ4n) is 2.33. The minimum Gasteiger partial charge on any atom is -0.383 e. The van der Waals surface area contributed by atoms with Gasteiger partial charge in [-0.2, -0.15) is 0 Å². The molecule has 0 fully saturated rings. The summed E-state index contributed by atoms with van der Waals surface area (Å²) < 4.78 is 13.6. The topological polar surface area (TPSA) is 91.6 Å². The first-order valence-electron chi connectivity index (χ1n) is 8.26.